The van der Waals surface area contributed by atoms with Gasteiger partial charge in [-0.15, -0.1) is 0 Å². The molecule has 1 aliphatic heterocycles. The molecule has 3 rings (SSSR count). The molecule has 23 heavy (non-hydrogen) atoms. The van der Waals surface area contributed by atoms with E-state index in [2.05, 4.69) is 0 Å². The molecule has 0 saturated heterocycles. The largest absolute Gasteiger partial charge is 0.480 e. The Morgan fingerprint density at radius 3 is 2.00 bits per heavy atom. The zero-order chi connectivity index (χ0) is 16.4. The predicted octanol–water partition coefficient (Wildman–Crippen LogP) is 2.07. The van der Waals surface area contributed by atoms with E-state index in [1.165, 1.54) is 4.90 Å². The molecule has 0 aliphatic carbocycles. The van der Waals surface area contributed by atoms with Gasteiger partial charge in [0.05, 0.1) is 0 Å². The molecule has 0 spiro atoms. The Morgan fingerprint density at radius 2 is 1.48 bits per heavy atom. The number of hydrogen-bond acceptors (Lipinski definition) is 4. The summed E-state index contributed by atoms with van der Waals surface area (Å²) < 4.78 is 0. The number of carboxylic acids is 1. The van der Waals surface area contributed by atoms with E-state index >= 15 is 0 Å². The SMILES string of the molecule is O=C(O)[C@H](CCc1ccccc1)N1[C@@H](O)c2ccccc2[C@@H]1O. The Labute approximate surface area is 134 Å². The molecule has 0 aromatic heterocycles. The molecule has 0 saturated carbocycles. The molecule has 0 bridgehead atoms. The van der Waals surface area contributed by atoms with Crippen molar-refractivity contribution < 1.29 is 20.1 Å². The van der Waals surface area contributed by atoms with Crippen molar-refractivity contribution in [3.8, 4) is 0 Å². The van der Waals surface area contributed by atoms with Crippen LogP contribution in [0.25, 0.3) is 0 Å². The molecule has 120 valence electrons. The lowest BCUT2D eigenvalue weighted by molar-refractivity contribution is -0.161. The highest BCUT2D eigenvalue weighted by Gasteiger charge is 2.42. The quantitative estimate of drug-likeness (QED) is 0.787. The van der Waals surface area contributed by atoms with Gasteiger partial charge in [-0.05, 0) is 18.4 Å². The zero-order valence-corrected chi connectivity index (χ0v) is 12.5. The van der Waals surface area contributed by atoms with Crippen molar-refractivity contribution in [2.75, 3.05) is 0 Å². The van der Waals surface area contributed by atoms with Crippen molar-refractivity contribution in [3.63, 3.8) is 0 Å². The fourth-order valence-corrected chi connectivity index (χ4v) is 3.13. The Morgan fingerprint density at radius 1 is 0.957 bits per heavy atom. The van der Waals surface area contributed by atoms with E-state index in [1.807, 2.05) is 30.3 Å². The minimum absolute atomic E-state index is 0.307. The van der Waals surface area contributed by atoms with Crippen LogP contribution in [0.3, 0.4) is 0 Å². The van der Waals surface area contributed by atoms with Crippen molar-refractivity contribution in [2.24, 2.45) is 0 Å². The van der Waals surface area contributed by atoms with E-state index in [4.69, 9.17) is 0 Å². The summed E-state index contributed by atoms with van der Waals surface area (Å²) in [6.07, 6.45) is -1.36. The van der Waals surface area contributed by atoms with E-state index in [0.717, 1.165) is 5.56 Å². The molecule has 0 fully saturated rings. The van der Waals surface area contributed by atoms with Gasteiger partial charge in [0, 0.05) is 11.1 Å². The summed E-state index contributed by atoms with van der Waals surface area (Å²) >= 11 is 0. The molecule has 0 radical (unpaired) electrons. The number of fused-ring (bicyclic) bond motifs is 1. The number of nitrogens with zero attached hydrogens (tertiary/aromatic N) is 1. The lowest BCUT2D eigenvalue weighted by atomic mass is 10.0. The van der Waals surface area contributed by atoms with E-state index in [-0.39, 0.29) is 0 Å². The summed E-state index contributed by atoms with van der Waals surface area (Å²) in [4.78, 5) is 12.9. The summed E-state index contributed by atoms with van der Waals surface area (Å²) in [5.74, 6) is -1.05. The lowest BCUT2D eigenvalue weighted by Crippen LogP contribution is -2.42. The van der Waals surface area contributed by atoms with Gasteiger partial charge in [0.25, 0.3) is 0 Å². The maximum Gasteiger partial charge on any atom is 0.321 e. The molecule has 3 N–H and O–H groups in total. The van der Waals surface area contributed by atoms with E-state index in [1.54, 1.807) is 24.3 Å². The van der Waals surface area contributed by atoms with Crippen LogP contribution in [0, 0.1) is 0 Å². The minimum Gasteiger partial charge on any atom is -0.480 e. The summed E-state index contributed by atoms with van der Waals surface area (Å²) in [5, 5.41) is 30.4. The number of carboxylic acid groups (broad SMARTS) is 1. The first-order valence-corrected chi connectivity index (χ1v) is 7.58. The van der Waals surface area contributed by atoms with Gasteiger partial charge in [0.2, 0.25) is 0 Å². The number of aliphatic hydroxyl groups excluding tert-OH is 2. The second-order valence-corrected chi connectivity index (χ2v) is 5.70. The maximum absolute atomic E-state index is 11.7. The molecular formula is C18H19NO4. The second-order valence-electron chi connectivity index (χ2n) is 5.70. The highest BCUT2D eigenvalue weighted by Crippen LogP contribution is 2.41. The van der Waals surface area contributed by atoms with Crippen LogP contribution < -0.4 is 0 Å². The van der Waals surface area contributed by atoms with Gasteiger partial charge in [-0.3, -0.25) is 4.79 Å². The molecule has 0 unspecified atom stereocenters. The Bertz CT molecular complexity index is 659. The highest BCUT2D eigenvalue weighted by atomic mass is 16.4. The Hall–Kier alpha value is -2.21. The smallest absolute Gasteiger partial charge is 0.321 e. The summed E-state index contributed by atoms with van der Waals surface area (Å²) in [5.41, 5.74) is 2.15. The fraction of sp³-hybridized carbons (Fsp3) is 0.278. The van der Waals surface area contributed by atoms with Gasteiger partial charge in [-0.2, -0.15) is 0 Å². The topological polar surface area (TPSA) is 81.0 Å². The van der Waals surface area contributed by atoms with Gasteiger partial charge in [0.15, 0.2) is 0 Å². The van der Waals surface area contributed by atoms with Crippen LogP contribution >= 0.6 is 0 Å². The molecule has 3 atom stereocenters. The van der Waals surface area contributed by atoms with Crippen LogP contribution in [-0.4, -0.2) is 32.2 Å². The van der Waals surface area contributed by atoms with Crippen molar-refractivity contribution in [1.82, 2.24) is 4.90 Å². The normalized spacial score (nSPS) is 21.8. The van der Waals surface area contributed by atoms with Crippen LogP contribution in [0.15, 0.2) is 54.6 Å². The van der Waals surface area contributed by atoms with Crippen LogP contribution in [0.5, 0.6) is 0 Å². The van der Waals surface area contributed by atoms with Crippen molar-refractivity contribution >= 4 is 5.97 Å². The second kappa shape index (κ2) is 6.50. The van der Waals surface area contributed by atoms with Crippen molar-refractivity contribution in [1.29, 1.82) is 0 Å². The Kier molecular flexibility index (Phi) is 4.43. The molecule has 1 heterocycles. The standard InChI is InChI=1S/C18H19NO4/c20-16-13-8-4-5-9-14(13)17(21)19(16)15(18(22)23)11-10-12-6-2-1-3-7-12/h1-9,15-17,20-21H,10-11H2,(H,22,23)/t15-,16-,17-/m0/s1. The Balaban J connectivity index is 1.81. The summed E-state index contributed by atoms with van der Waals surface area (Å²) in [6.45, 7) is 0. The average molecular weight is 313 g/mol. The van der Waals surface area contributed by atoms with Crippen LogP contribution in [-0.2, 0) is 11.2 Å². The van der Waals surface area contributed by atoms with E-state index in [0.29, 0.717) is 24.0 Å². The van der Waals surface area contributed by atoms with E-state index < -0.39 is 24.5 Å². The first-order chi connectivity index (χ1) is 11.1. The molecule has 2 aromatic carbocycles. The molecule has 5 heteroatoms. The van der Waals surface area contributed by atoms with Gasteiger partial charge >= 0.3 is 5.97 Å². The van der Waals surface area contributed by atoms with Crippen LogP contribution in [0.1, 0.15) is 35.6 Å². The molecule has 5 nitrogen and oxygen atoms in total. The molecular weight excluding hydrogens is 294 g/mol. The third-order valence-electron chi connectivity index (χ3n) is 4.31. The number of carbonyl (C=O) groups is 1. The number of aliphatic carboxylic acids is 1. The highest BCUT2D eigenvalue weighted by molar-refractivity contribution is 5.73. The van der Waals surface area contributed by atoms with Crippen molar-refractivity contribution in [3.05, 3.63) is 71.3 Å². The number of rotatable bonds is 5. The third kappa shape index (κ3) is 2.99. The van der Waals surface area contributed by atoms with Crippen LogP contribution in [0.4, 0.5) is 0 Å². The maximum atomic E-state index is 11.7. The van der Waals surface area contributed by atoms with Crippen LogP contribution in [0.2, 0.25) is 0 Å². The summed E-state index contributed by atoms with van der Waals surface area (Å²) in [7, 11) is 0. The lowest BCUT2D eigenvalue weighted by Gasteiger charge is -2.30. The number of benzene rings is 2. The number of hydrogen-bond donors (Lipinski definition) is 3. The first-order valence-electron chi connectivity index (χ1n) is 7.58. The number of aryl methyl sites for hydroxylation is 1. The predicted molar refractivity (Wildman–Crippen MR) is 84.4 cm³/mol. The monoisotopic (exact) mass is 313 g/mol. The summed E-state index contributed by atoms with van der Waals surface area (Å²) in [6, 6.07) is 15.6. The van der Waals surface area contributed by atoms with Gasteiger partial charge < -0.3 is 15.3 Å². The average Bonchev–Trinajstić information content (AvgIpc) is 2.81. The number of aliphatic hydroxyl groups is 2. The molecule has 0 amide bonds. The third-order valence-corrected chi connectivity index (χ3v) is 4.31. The van der Waals surface area contributed by atoms with Gasteiger partial charge in [-0.1, -0.05) is 54.6 Å². The first kappa shape index (κ1) is 15.7. The van der Waals surface area contributed by atoms with Crippen molar-refractivity contribution in [2.45, 2.75) is 31.3 Å². The van der Waals surface area contributed by atoms with E-state index in [9.17, 15) is 20.1 Å². The molecule has 1 aliphatic rings. The zero-order valence-electron chi connectivity index (χ0n) is 12.5. The fourth-order valence-electron chi connectivity index (χ4n) is 3.13. The molecule has 2 aromatic rings. The minimum atomic E-state index is -1.11. The van der Waals surface area contributed by atoms with Gasteiger partial charge in [-0.25, -0.2) is 4.90 Å². The van der Waals surface area contributed by atoms with Gasteiger partial charge in [0.1, 0.15) is 18.5 Å².